The molecule has 0 fully saturated rings. The summed E-state index contributed by atoms with van der Waals surface area (Å²) >= 11 is 0. The molecule has 1 aliphatic heterocycles. The Bertz CT molecular complexity index is 910. The summed E-state index contributed by atoms with van der Waals surface area (Å²) in [4.78, 5) is 19.3. The summed E-state index contributed by atoms with van der Waals surface area (Å²) in [6.45, 7) is 5.72. The van der Waals surface area contributed by atoms with Crippen molar-refractivity contribution in [2.45, 2.75) is 32.9 Å². The Labute approximate surface area is 141 Å². The lowest BCUT2D eigenvalue weighted by Crippen LogP contribution is -2.35. The Balaban J connectivity index is 1.62. The second-order valence-electron chi connectivity index (χ2n) is 6.69. The van der Waals surface area contributed by atoms with E-state index < -0.39 is 0 Å². The number of imidazole rings is 1. The molecule has 0 atom stereocenters. The molecule has 4 rings (SSSR count). The molecule has 1 amide bonds. The molecule has 4 nitrogen and oxygen atoms in total. The van der Waals surface area contributed by atoms with Crippen molar-refractivity contribution in [1.29, 1.82) is 0 Å². The molecule has 0 saturated carbocycles. The molecule has 0 aliphatic carbocycles. The lowest BCUT2D eigenvalue weighted by Gasteiger charge is -2.29. The van der Waals surface area contributed by atoms with Crippen LogP contribution in [0.3, 0.4) is 0 Å². The van der Waals surface area contributed by atoms with E-state index in [-0.39, 0.29) is 5.91 Å². The minimum Gasteiger partial charge on any atom is -0.334 e. The number of hydrogen-bond acceptors (Lipinski definition) is 2. The van der Waals surface area contributed by atoms with E-state index in [4.69, 9.17) is 0 Å². The summed E-state index contributed by atoms with van der Waals surface area (Å²) in [5.74, 6) is 0.0884. The highest BCUT2D eigenvalue weighted by Gasteiger charge is 2.22. The molecule has 2 heterocycles. The Kier molecular flexibility index (Phi) is 3.60. The number of rotatable bonds is 2. The average Bonchev–Trinajstić information content (AvgIpc) is 3.04. The van der Waals surface area contributed by atoms with Crippen LogP contribution in [0, 0.1) is 0 Å². The molecular formula is C20H21N3O. The van der Waals surface area contributed by atoms with Crippen LogP contribution >= 0.6 is 0 Å². The quantitative estimate of drug-likeness (QED) is 0.720. The largest absolute Gasteiger partial charge is 0.334 e. The van der Waals surface area contributed by atoms with Crippen LogP contribution < -0.4 is 0 Å². The Hall–Kier alpha value is -2.62. The van der Waals surface area contributed by atoms with Gasteiger partial charge in [-0.1, -0.05) is 24.3 Å². The van der Waals surface area contributed by atoms with Crippen molar-refractivity contribution in [2.75, 3.05) is 6.54 Å². The fourth-order valence-electron chi connectivity index (χ4n) is 3.43. The number of carbonyl (C=O) groups excluding carboxylic acids is 1. The predicted octanol–water partition coefficient (Wildman–Crippen LogP) is 3.82. The number of benzene rings is 2. The Morgan fingerprint density at radius 2 is 1.92 bits per heavy atom. The Morgan fingerprint density at radius 1 is 1.12 bits per heavy atom. The smallest absolute Gasteiger partial charge is 0.254 e. The van der Waals surface area contributed by atoms with Gasteiger partial charge in [-0.15, -0.1) is 0 Å². The van der Waals surface area contributed by atoms with Crippen molar-refractivity contribution in [3.63, 3.8) is 0 Å². The monoisotopic (exact) mass is 319 g/mol. The molecule has 24 heavy (non-hydrogen) atoms. The van der Waals surface area contributed by atoms with E-state index >= 15 is 0 Å². The van der Waals surface area contributed by atoms with Crippen LogP contribution in [-0.2, 0) is 13.0 Å². The number of nitrogens with zero attached hydrogens (tertiary/aromatic N) is 3. The van der Waals surface area contributed by atoms with E-state index in [0.717, 1.165) is 29.6 Å². The third-order valence-electron chi connectivity index (χ3n) is 4.80. The van der Waals surface area contributed by atoms with Gasteiger partial charge in [0.25, 0.3) is 5.91 Å². The SMILES string of the molecule is CC(C)n1cnc2cc(C(=O)N3CCc4ccccc4C3)ccc21. The Morgan fingerprint density at radius 3 is 2.71 bits per heavy atom. The van der Waals surface area contributed by atoms with Crippen LogP contribution in [0.25, 0.3) is 11.0 Å². The van der Waals surface area contributed by atoms with E-state index in [2.05, 4.69) is 41.6 Å². The van der Waals surface area contributed by atoms with Gasteiger partial charge in [0.2, 0.25) is 0 Å². The number of aromatic nitrogens is 2. The van der Waals surface area contributed by atoms with Crippen LogP contribution in [0.15, 0.2) is 48.8 Å². The second kappa shape index (κ2) is 5.78. The van der Waals surface area contributed by atoms with Crippen LogP contribution in [0.5, 0.6) is 0 Å². The van der Waals surface area contributed by atoms with Crippen molar-refractivity contribution in [1.82, 2.24) is 14.5 Å². The summed E-state index contributed by atoms with van der Waals surface area (Å²) in [5, 5.41) is 0. The molecular weight excluding hydrogens is 298 g/mol. The van der Waals surface area contributed by atoms with Crippen LogP contribution in [0.4, 0.5) is 0 Å². The average molecular weight is 319 g/mol. The van der Waals surface area contributed by atoms with E-state index in [1.807, 2.05) is 35.5 Å². The van der Waals surface area contributed by atoms with Crippen molar-refractivity contribution in [2.24, 2.45) is 0 Å². The van der Waals surface area contributed by atoms with Crippen LogP contribution in [0.2, 0.25) is 0 Å². The topological polar surface area (TPSA) is 38.1 Å². The summed E-state index contributed by atoms with van der Waals surface area (Å²) in [6.07, 6.45) is 2.77. The summed E-state index contributed by atoms with van der Waals surface area (Å²) in [6, 6.07) is 14.6. The number of carbonyl (C=O) groups is 1. The first-order chi connectivity index (χ1) is 11.6. The predicted molar refractivity (Wildman–Crippen MR) is 95.0 cm³/mol. The van der Waals surface area contributed by atoms with Crippen molar-refractivity contribution in [3.8, 4) is 0 Å². The third-order valence-corrected chi connectivity index (χ3v) is 4.80. The fraction of sp³-hybridized carbons (Fsp3) is 0.300. The zero-order chi connectivity index (χ0) is 16.7. The third kappa shape index (κ3) is 2.48. The van der Waals surface area contributed by atoms with Gasteiger partial charge < -0.3 is 9.47 Å². The van der Waals surface area contributed by atoms with Gasteiger partial charge in [-0.05, 0) is 49.6 Å². The maximum Gasteiger partial charge on any atom is 0.254 e. The molecule has 3 aromatic rings. The van der Waals surface area contributed by atoms with E-state index in [1.165, 1.54) is 11.1 Å². The second-order valence-corrected chi connectivity index (χ2v) is 6.69. The molecule has 0 radical (unpaired) electrons. The molecule has 0 unspecified atom stereocenters. The molecule has 0 N–H and O–H groups in total. The van der Waals surface area contributed by atoms with E-state index in [0.29, 0.717) is 12.6 Å². The standard InChI is InChI=1S/C20H21N3O/c1-14(2)23-13-21-18-11-16(7-8-19(18)23)20(24)22-10-9-15-5-3-4-6-17(15)12-22/h3-8,11,13-14H,9-10,12H2,1-2H3. The summed E-state index contributed by atoms with van der Waals surface area (Å²) in [5.41, 5.74) is 5.28. The van der Waals surface area contributed by atoms with Crippen LogP contribution in [-0.4, -0.2) is 26.9 Å². The van der Waals surface area contributed by atoms with E-state index in [1.54, 1.807) is 0 Å². The maximum atomic E-state index is 12.9. The first-order valence-corrected chi connectivity index (χ1v) is 8.46. The molecule has 0 spiro atoms. The fourth-order valence-corrected chi connectivity index (χ4v) is 3.43. The number of hydrogen-bond donors (Lipinski definition) is 0. The van der Waals surface area contributed by atoms with Crippen molar-refractivity contribution in [3.05, 3.63) is 65.5 Å². The van der Waals surface area contributed by atoms with Gasteiger partial charge in [0.05, 0.1) is 17.4 Å². The zero-order valence-electron chi connectivity index (χ0n) is 14.1. The highest BCUT2D eigenvalue weighted by Crippen LogP contribution is 2.23. The van der Waals surface area contributed by atoms with Gasteiger partial charge in [0.15, 0.2) is 0 Å². The normalized spacial score (nSPS) is 14.2. The van der Waals surface area contributed by atoms with Gasteiger partial charge in [-0.25, -0.2) is 4.98 Å². The van der Waals surface area contributed by atoms with E-state index in [9.17, 15) is 4.79 Å². The molecule has 1 aliphatic rings. The van der Waals surface area contributed by atoms with Crippen molar-refractivity contribution < 1.29 is 4.79 Å². The molecule has 1 aromatic heterocycles. The zero-order valence-corrected chi connectivity index (χ0v) is 14.1. The lowest BCUT2D eigenvalue weighted by atomic mass is 9.99. The molecule has 122 valence electrons. The van der Waals surface area contributed by atoms with Gasteiger partial charge in [-0.3, -0.25) is 4.79 Å². The molecule has 2 aromatic carbocycles. The highest BCUT2D eigenvalue weighted by atomic mass is 16.2. The van der Waals surface area contributed by atoms with Gasteiger partial charge >= 0.3 is 0 Å². The van der Waals surface area contributed by atoms with Crippen LogP contribution in [0.1, 0.15) is 41.4 Å². The molecule has 0 saturated heterocycles. The van der Waals surface area contributed by atoms with Crippen molar-refractivity contribution >= 4 is 16.9 Å². The minimum atomic E-state index is 0.0884. The highest BCUT2D eigenvalue weighted by molar-refractivity contribution is 5.97. The van der Waals surface area contributed by atoms with Gasteiger partial charge in [-0.2, -0.15) is 0 Å². The summed E-state index contributed by atoms with van der Waals surface area (Å²) in [7, 11) is 0. The first kappa shape index (κ1) is 14.9. The molecule has 4 heteroatoms. The summed E-state index contributed by atoms with van der Waals surface area (Å²) < 4.78 is 2.13. The van der Waals surface area contributed by atoms with Gasteiger partial charge in [0.1, 0.15) is 0 Å². The molecule has 0 bridgehead atoms. The number of amides is 1. The van der Waals surface area contributed by atoms with Gasteiger partial charge in [0, 0.05) is 24.7 Å². The minimum absolute atomic E-state index is 0.0884. The number of fused-ring (bicyclic) bond motifs is 2. The maximum absolute atomic E-state index is 12.9. The lowest BCUT2D eigenvalue weighted by molar-refractivity contribution is 0.0735. The first-order valence-electron chi connectivity index (χ1n) is 8.46.